The number of nitriles is 1. The van der Waals surface area contributed by atoms with Crippen molar-refractivity contribution >= 4 is 29.0 Å². The van der Waals surface area contributed by atoms with Crippen molar-refractivity contribution in [3.63, 3.8) is 0 Å². The molecule has 0 aliphatic carbocycles. The number of nitrogens with one attached hydrogen (secondary N) is 1. The second-order valence-electron chi connectivity index (χ2n) is 12.9. The normalized spacial score (nSPS) is 15.4. The van der Waals surface area contributed by atoms with Gasteiger partial charge in [0.2, 0.25) is 0 Å². The highest BCUT2D eigenvalue weighted by Gasteiger charge is 2.29. The van der Waals surface area contributed by atoms with Gasteiger partial charge in [-0.1, -0.05) is 12.1 Å². The van der Waals surface area contributed by atoms with Crippen LogP contribution in [0.3, 0.4) is 0 Å². The first-order chi connectivity index (χ1) is 21.3. The SMILES string of the molecule is CC(C)(C)OC(=O)NN(C(=O)OC(C)(C)C)c1ccc2c(cc(-c3ccnn3C3CCCCO3)n2Cc2cccc(C#N)c2)n1. The molecule has 1 aromatic carbocycles. The molecule has 4 aromatic rings. The number of fused-ring (bicyclic) bond motifs is 1. The Morgan fingerprint density at radius 1 is 1.04 bits per heavy atom. The van der Waals surface area contributed by atoms with Gasteiger partial charge in [-0.05, 0) is 103 Å². The number of benzene rings is 1. The van der Waals surface area contributed by atoms with Crippen molar-refractivity contribution in [2.24, 2.45) is 0 Å². The first kappa shape index (κ1) is 31.5. The van der Waals surface area contributed by atoms with E-state index in [1.165, 1.54) is 0 Å². The average molecular weight is 614 g/mol. The van der Waals surface area contributed by atoms with E-state index in [4.69, 9.17) is 19.2 Å². The zero-order chi connectivity index (χ0) is 32.4. The maximum atomic E-state index is 13.3. The summed E-state index contributed by atoms with van der Waals surface area (Å²) in [6.45, 7) is 11.5. The number of anilines is 1. The smallest absolute Gasteiger partial charge is 0.435 e. The van der Waals surface area contributed by atoms with Crippen LogP contribution in [0.5, 0.6) is 0 Å². The van der Waals surface area contributed by atoms with Gasteiger partial charge in [-0.2, -0.15) is 15.4 Å². The van der Waals surface area contributed by atoms with Crippen LogP contribution < -0.4 is 10.4 Å². The monoisotopic (exact) mass is 613 g/mol. The van der Waals surface area contributed by atoms with Crippen molar-refractivity contribution in [3.8, 4) is 17.5 Å². The van der Waals surface area contributed by atoms with E-state index in [-0.39, 0.29) is 12.0 Å². The predicted octanol–water partition coefficient (Wildman–Crippen LogP) is 6.70. The van der Waals surface area contributed by atoms with Gasteiger partial charge in [0.25, 0.3) is 0 Å². The van der Waals surface area contributed by atoms with Crippen molar-refractivity contribution in [2.45, 2.75) is 84.8 Å². The largest absolute Gasteiger partial charge is 0.443 e. The third-order valence-corrected chi connectivity index (χ3v) is 6.91. The van der Waals surface area contributed by atoms with Crippen LogP contribution in [0.4, 0.5) is 15.4 Å². The van der Waals surface area contributed by atoms with Crippen molar-refractivity contribution in [1.29, 1.82) is 5.26 Å². The summed E-state index contributed by atoms with van der Waals surface area (Å²) in [5.74, 6) is 0.141. The molecule has 1 unspecified atom stereocenters. The van der Waals surface area contributed by atoms with Gasteiger partial charge < -0.3 is 18.8 Å². The zero-order valence-electron chi connectivity index (χ0n) is 26.5. The lowest BCUT2D eigenvalue weighted by atomic mass is 10.1. The van der Waals surface area contributed by atoms with E-state index in [0.29, 0.717) is 24.2 Å². The summed E-state index contributed by atoms with van der Waals surface area (Å²) in [6, 6.07) is 17.0. The minimum atomic E-state index is -0.831. The first-order valence-corrected chi connectivity index (χ1v) is 15.0. The number of aromatic nitrogens is 4. The number of amides is 2. The summed E-state index contributed by atoms with van der Waals surface area (Å²) in [4.78, 5) is 30.9. The van der Waals surface area contributed by atoms with E-state index in [9.17, 15) is 14.9 Å². The molecule has 236 valence electrons. The molecule has 12 heteroatoms. The van der Waals surface area contributed by atoms with E-state index >= 15 is 0 Å². The third-order valence-electron chi connectivity index (χ3n) is 6.91. The molecule has 2 amide bonds. The van der Waals surface area contributed by atoms with Crippen molar-refractivity contribution in [1.82, 2.24) is 24.8 Å². The van der Waals surface area contributed by atoms with Gasteiger partial charge in [0.1, 0.15) is 11.2 Å². The van der Waals surface area contributed by atoms with Gasteiger partial charge in [-0.15, -0.1) is 0 Å². The molecule has 0 saturated carbocycles. The third kappa shape index (κ3) is 7.61. The Kier molecular flexibility index (Phi) is 8.84. The van der Waals surface area contributed by atoms with Crippen molar-refractivity contribution < 1.29 is 23.8 Å². The molecule has 1 atom stereocenters. The van der Waals surface area contributed by atoms with Gasteiger partial charge in [0.15, 0.2) is 12.0 Å². The van der Waals surface area contributed by atoms with Gasteiger partial charge in [-0.25, -0.2) is 24.7 Å². The number of rotatable bonds is 5. The Morgan fingerprint density at radius 3 is 2.51 bits per heavy atom. The highest BCUT2D eigenvalue weighted by molar-refractivity contribution is 5.92. The van der Waals surface area contributed by atoms with E-state index < -0.39 is 23.4 Å². The fourth-order valence-corrected chi connectivity index (χ4v) is 5.12. The highest BCUT2D eigenvalue weighted by atomic mass is 16.6. The van der Waals surface area contributed by atoms with Gasteiger partial charge in [-0.3, -0.25) is 0 Å². The number of carbonyl (C=O) groups is 2. The molecule has 0 spiro atoms. The summed E-state index contributed by atoms with van der Waals surface area (Å²) in [5.41, 5.74) is 5.38. The lowest BCUT2D eigenvalue weighted by molar-refractivity contribution is -0.0384. The Labute approximate surface area is 262 Å². The molecule has 5 rings (SSSR count). The van der Waals surface area contributed by atoms with Crippen LogP contribution >= 0.6 is 0 Å². The standard InChI is InChI=1S/C33H39N7O5/c1-32(2,3)44-30(41)37-40(31(42)45-33(4,5)6)28-14-13-25-24(36-28)19-27(38(25)21-23-11-9-10-22(18-23)20-34)26-15-16-35-39(26)29-12-7-8-17-43-29/h9-11,13-16,18-19,29H,7-8,12,17,21H2,1-6H3,(H,37,41). The molecule has 1 N–H and O–H groups in total. The molecule has 1 aliphatic rings. The van der Waals surface area contributed by atoms with Crippen molar-refractivity contribution in [2.75, 3.05) is 11.6 Å². The van der Waals surface area contributed by atoms with Crippen LogP contribution in [-0.4, -0.2) is 49.3 Å². The lowest BCUT2D eigenvalue weighted by Crippen LogP contribution is -2.50. The summed E-state index contributed by atoms with van der Waals surface area (Å²) < 4.78 is 21.1. The minimum Gasteiger partial charge on any atom is -0.443 e. The molecule has 12 nitrogen and oxygen atoms in total. The second kappa shape index (κ2) is 12.6. The maximum absolute atomic E-state index is 13.3. The van der Waals surface area contributed by atoms with Gasteiger partial charge in [0.05, 0.1) is 34.1 Å². The van der Waals surface area contributed by atoms with E-state index in [0.717, 1.165) is 46.7 Å². The molecule has 1 saturated heterocycles. The number of nitrogens with zero attached hydrogens (tertiary/aromatic N) is 6. The molecular formula is C33H39N7O5. The summed E-state index contributed by atoms with van der Waals surface area (Å²) >= 11 is 0. The Morgan fingerprint density at radius 2 is 1.82 bits per heavy atom. The zero-order valence-corrected chi connectivity index (χ0v) is 26.5. The fraction of sp³-hybridized carbons (Fsp3) is 0.424. The first-order valence-electron chi connectivity index (χ1n) is 15.0. The lowest BCUT2D eigenvalue weighted by Gasteiger charge is -2.28. The average Bonchev–Trinajstić information content (AvgIpc) is 3.59. The maximum Gasteiger partial charge on any atom is 0.435 e. The number of carbonyl (C=O) groups excluding carboxylic acids is 2. The molecule has 45 heavy (non-hydrogen) atoms. The molecule has 0 radical (unpaired) electrons. The number of pyridine rings is 1. The van der Waals surface area contributed by atoms with Crippen LogP contribution in [0.1, 0.15) is 78.2 Å². The van der Waals surface area contributed by atoms with Crippen LogP contribution in [0, 0.1) is 11.3 Å². The van der Waals surface area contributed by atoms with Crippen molar-refractivity contribution in [3.05, 3.63) is 65.9 Å². The van der Waals surface area contributed by atoms with Crippen LogP contribution in [0.2, 0.25) is 0 Å². The topological polar surface area (TPSA) is 137 Å². The molecule has 1 fully saturated rings. The summed E-state index contributed by atoms with van der Waals surface area (Å²) in [6.07, 6.45) is 2.82. The van der Waals surface area contributed by atoms with Crippen LogP contribution in [0.25, 0.3) is 22.4 Å². The Bertz CT molecular complexity index is 1730. The fourth-order valence-electron chi connectivity index (χ4n) is 5.12. The highest BCUT2D eigenvalue weighted by Crippen LogP contribution is 2.33. The molecular weight excluding hydrogens is 574 g/mol. The van der Waals surface area contributed by atoms with E-state index in [1.54, 1.807) is 59.9 Å². The van der Waals surface area contributed by atoms with E-state index in [2.05, 4.69) is 21.2 Å². The molecule has 4 heterocycles. The number of hydrogen-bond donors (Lipinski definition) is 1. The molecule has 3 aromatic heterocycles. The van der Waals surface area contributed by atoms with Gasteiger partial charge >= 0.3 is 12.2 Å². The summed E-state index contributed by atoms with van der Waals surface area (Å²) in [5, 5.41) is 15.1. The second-order valence-corrected chi connectivity index (χ2v) is 12.9. The summed E-state index contributed by atoms with van der Waals surface area (Å²) in [7, 11) is 0. The van der Waals surface area contributed by atoms with E-state index in [1.807, 2.05) is 41.1 Å². The molecule has 1 aliphatic heterocycles. The van der Waals surface area contributed by atoms with Crippen LogP contribution in [0.15, 0.2) is 54.7 Å². The number of hydrazine groups is 1. The van der Waals surface area contributed by atoms with Gasteiger partial charge in [0, 0.05) is 19.3 Å². The molecule has 0 bridgehead atoms. The number of hydrogen-bond acceptors (Lipinski definition) is 8. The minimum absolute atomic E-state index is 0.141. The van der Waals surface area contributed by atoms with Crippen LogP contribution in [-0.2, 0) is 20.8 Å². The quantitative estimate of drug-likeness (QED) is 0.246. The predicted molar refractivity (Wildman–Crippen MR) is 168 cm³/mol. The Balaban J connectivity index is 1.61. The Hall–Kier alpha value is -4.89. The number of ether oxygens (including phenoxy) is 3.